The number of carbonyl (C=O) groups is 1. The molecule has 134 valence electrons. The highest BCUT2D eigenvalue weighted by Crippen LogP contribution is 2.33. The van der Waals surface area contributed by atoms with Gasteiger partial charge in [0.2, 0.25) is 0 Å². The first-order valence-electron chi connectivity index (χ1n) is 8.62. The number of carbonyl (C=O) groups excluding carboxylic acids is 1. The van der Waals surface area contributed by atoms with E-state index in [2.05, 4.69) is 35.9 Å². The van der Waals surface area contributed by atoms with Crippen LogP contribution in [0.4, 0.5) is 10.5 Å². The minimum Gasteiger partial charge on any atom is -0.495 e. The molecule has 0 spiro atoms. The number of aromatic nitrogens is 1. The van der Waals surface area contributed by atoms with E-state index in [-0.39, 0.29) is 12.1 Å². The molecule has 5 nitrogen and oxygen atoms in total. The molecule has 0 saturated carbocycles. The molecule has 1 aliphatic heterocycles. The van der Waals surface area contributed by atoms with E-state index in [9.17, 15) is 4.79 Å². The van der Waals surface area contributed by atoms with Crippen molar-refractivity contribution in [1.82, 2.24) is 9.47 Å². The number of aryl methyl sites for hydroxylation is 1. The van der Waals surface area contributed by atoms with Crippen LogP contribution in [0.5, 0.6) is 5.75 Å². The van der Waals surface area contributed by atoms with E-state index in [4.69, 9.17) is 16.3 Å². The number of nitrogens with zero attached hydrogens (tertiary/aromatic N) is 2. The number of rotatable bonds is 4. The molecule has 1 N–H and O–H groups in total. The maximum Gasteiger partial charge on any atom is 0.322 e. The van der Waals surface area contributed by atoms with Gasteiger partial charge >= 0.3 is 6.03 Å². The molecule has 2 heterocycles. The first-order chi connectivity index (χ1) is 12.0. The smallest absolute Gasteiger partial charge is 0.322 e. The van der Waals surface area contributed by atoms with Crippen LogP contribution in [0.2, 0.25) is 5.02 Å². The lowest BCUT2D eigenvalue weighted by molar-refractivity contribution is 0.162. The molecule has 1 aliphatic rings. The van der Waals surface area contributed by atoms with Crippen LogP contribution in [-0.2, 0) is 6.54 Å². The molecule has 0 saturated heterocycles. The second kappa shape index (κ2) is 7.40. The highest BCUT2D eigenvalue weighted by Gasteiger charge is 2.31. The van der Waals surface area contributed by atoms with Gasteiger partial charge in [0.25, 0.3) is 0 Å². The van der Waals surface area contributed by atoms with E-state index in [1.165, 1.54) is 11.4 Å². The summed E-state index contributed by atoms with van der Waals surface area (Å²) in [6, 6.07) is 9.43. The van der Waals surface area contributed by atoms with E-state index >= 15 is 0 Å². The average molecular weight is 362 g/mol. The number of hydrogen-bond donors (Lipinski definition) is 1. The van der Waals surface area contributed by atoms with Crippen LogP contribution >= 0.6 is 11.6 Å². The average Bonchev–Trinajstić information content (AvgIpc) is 2.97. The third kappa shape index (κ3) is 3.47. The van der Waals surface area contributed by atoms with Gasteiger partial charge in [0.1, 0.15) is 5.75 Å². The Hall–Kier alpha value is -2.14. The monoisotopic (exact) mass is 361 g/mol. The summed E-state index contributed by atoms with van der Waals surface area (Å²) in [5, 5.41) is 3.53. The zero-order chi connectivity index (χ0) is 18.0. The van der Waals surface area contributed by atoms with Gasteiger partial charge < -0.3 is 19.5 Å². The summed E-state index contributed by atoms with van der Waals surface area (Å²) in [4.78, 5) is 14.9. The largest absolute Gasteiger partial charge is 0.495 e. The molecule has 0 aliphatic carbocycles. The maximum absolute atomic E-state index is 13.0. The molecule has 0 bridgehead atoms. The number of amides is 2. The molecule has 2 amide bonds. The summed E-state index contributed by atoms with van der Waals surface area (Å²) >= 11 is 6.07. The number of benzene rings is 1. The molecule has 1 atom stereocenters. The van der Waals surface area contributed by atoms with Crippen molar-refractivity contribution in [1.29, 1.82) is 0 Å². The molecular formula is C19H24ClN3O2. The Morgan fingerprint density at radius 3 is 2.84 bits per heavy atom. The second-order valence-electron chi connectivity index (χ2n) is 6.32. The normalized spacial score (nSPS) is 16.5. The Morgan fingerprint density at radius 1 is 1.32 bits per heavy atom. The van der Waals surface area contributed by atoms with Crippen LogP contribution in [0, 0.1) is 6.92 Å². The molecule has 1 aromatic heterocycles. The Bertz CT molecular complexity index is 772. The van der Waals surface area contributed by atoms with E-state index < -0.39 is 0 Å². The first-order valence-corrected chi connectivity index (χ1v) is 9.00. The highest BCUT2D eigenvalue weighted by atomic mass is 35.5. The number of nitrogens with one attached hydrogen (secondary N) is 1. The van der Waals surface area contributed by atoms with Gasteiger partial charge in [-0.25, -0.2) is 4.79 Å². The molecule has 2 aromatic rings. The lowest BCUT2D eigenvalue weighted by Gasteiger charge is -2.37. The lowest BCUT2D eigenvalue weighted by Crippen LogP contribution is -2.44. The zero-order valence-corrected chi connectivity index (χ0v) is 15.6. The van der Waals surface area contributed by atoms with Gasteiger partial charge in [0.15, 0.2) is 0 Å². The van der Waals surface area contributed by atoms with E-state index in [0.717, 1.165) is 19.4 Å². The standard InChI is InChI=1S/C19H24ClN3O2/c1-4-5-16-17-8-6-13(2)22(17)10-11-23(16)19(24)21-15-12-14(20)7-9-18(15)25-3/h6-9,12,16H,4-5,10-11H2,1-3H3,(H,21,24). The van der Waals surface area contributed by atoms with Crippen LogP contribution in [-0.4, -0.2) is 29.2 Å². The summed E-state index contributed by atoms with van der Waals surface area (Å²) in [6.07, 6.45) is 1.95. The predicted octanol–water partition coefficient (Wildman–Crippen LogP) is 4.85. The topological polar surface area (TPSA) is 46.5 Å². The number of halogens is 1. The number of urea groups is 1. The van der Waals surface area contributed by atoms with Gasteiger partial charge in [-0.2, -0.15) is 0 Å². The van der Waals surface area contributed by atoms with Gasteiger partial charge in [-0.15, -0.1) is 0 Å². The minimum absolute atomic E-state index is 0.0811. The zero-order valence-electron chi connectivity index (χ0n) is 14.9. The molecule has 1 aromatic carbocycles. The lowest BCUT2D eigenvalue weighted by atomic mass is 10.0. The van der Waals surface area contributed by atoms with Crippen LogP contribution in [0.3, 0.4) is 0 Å². The minimum atomic E-state index is -0.121. The molecule has 3 rings (SSSR count). The summed E-state index contributed by atoms with van der Waals surface area (Å²) in [5.74, 6) is 0.598. The quantitative estimate of drug-likeness (QED) is 0.846. The van der Waals surface area contributed by atoms with Gasteiger partial charge in [-0.3, -0.25) is 0 Å². The Labute approximate surface area is 153 Å². The summed E-state index contributed by atoms with van der Waals surface area (Å²) in [6.45, 7) is 5.75. The van der Waals surface area contributed by atoms with Crippen molar-refractivity contribution in [3.05, 3.63) is 46.7 Å². The number of ether oxygens (including phenoxy) is 1. The van der Waals surface area contributed by atoms with Crippen molar-refractivity contribution >= 4 is 23.3 Å². The third-order valence-electron chi connectivity index (χ3n) is 4.74. The van der Waals surface area contributed by atoms with Crippen molar-refractivity contribution in [3.8, 4) is 5.75 Å². The Balaban J connectivity index is 1.85. The van der Waals surface area contributed by atoms with Crippen LogP contribution < -0.4 is 10.1 Å². The molecule has 0 fully saturated rings. The van der Waals surface area contributed by atoms with Crippen molar-refractivity contribution in [3.63, 3.8) is 0 Å². The van der Waals surface area contributed by atoms with Crippen molar-refractivity contribution in [2.75, 3.05) is 19.0 Å². The summed E-state index contributed by atoms with van der Waals surface area (Å²) in [5.41, 5.74) is 3.04. The maximum atomic E-state index is 13.0. The predicted molar refractivity (Wildman–Crippen MR) is 101 cm³/mol. The molecule has 0 radical (unpaired) electrons. The molecule has 25 heavy (non-hydrogen) atoms. The fraction of sp³-hybridized carbons (Fsp3) is 0.421. The van der Waals surface area contributed by atoms with Crippen molar-refractivity contribution < 1.29 is 9.53 Å². The number of fused-ring (bicyclic) bond motifs is 1. The van der Waals surface area contributed by atoms with Crippen LogP contribution in [0.25, 0.3) is 0 Å². The van der Waals surface area contributed by atoms with E-state index in [1.54, 1.807) is 25.3 Å². The van der Waals surface area contributed by atoms with Crippen LogP contribution in [0.1, 0.15) is 37.2 Å². The molecule has 1 unspecified atom stereocenters. The fourth-order valence-corrected chi connectivity index (χ4v) is 3.67. The van der Waals surface area contributed by atoms with Gasteiger partial charge in [-0.1, -0.05) is 24.9 Å². The number of hydrogen-bond acceptors (Lipinski definition) is 2. The van der Waals surface area contributed by atoms with Crippen LogP contribution in [0.15, 0.2) is 30.3 Å². The van der Waals surface area contributed by atoms with Gasteiger partial charge in [0.05, 0.1) is 18.8 Å². The van der Waals surface area contributed by atoms with Gasteiger partial charge in [-0.05, 0) is 43.7 Å². The third-order valence-corrected chi connectivity index (χ3v) is 4.98. The van der Waals surface area contributed by atoms with Crippen molar-refractivity contribution in [2.45, 2.75) is 39.3 Å². The fourth-order valence-electron chi connectivity index (χ4n) is 3.49. The first kappa shape index (κ1) is 17.7. The summed E-state index contributed by atoms with van der Waals surface area (Å²) in [7, 11) is 1.58. The van der Waals surface area contributed by atoms with Gasteiger partial charge in [0, 0.05) is 29.5 Å². The second-order valence-corrected chi connectivity index (χ2v) is 6.76. The van der Waals surface area contributed by atoms with E-state index in [0.29, 0.717) is 23.0 Å². The SMILES string of the molecule is CCCC1c2ccc(C)n2CCN1C(=O)Nc1cc(Cl)ccc1OC. The molecular weight excluding hydrogens is 338 g/mol. The Morgan fingerprint density at radius 2 is 2.12 bits per heavy atom. The number of methoxy groups -OCH3 is 1. The van der Waals surface area contributed by atoms with Crippen molar-refractivity contribution in [2.24, 2.45) is 0 Å². The molecule has 6 heteroatoms. The Kier molecular flexibility index (Phi) is 5.23. The van der Waals surface area contributed by atoms with E-state index in [1.807, 2.05) is 4.90 Å². The highest BCUT2D eigenvalue weighted by molar-refractivity contribution is 6.31. The summed E-state index contributed by atoms with van der Waals surface area (Å²) < 4.78 is 7.64. The number of anilines is 1.